The van der Waals surface area contributed by atoms with Crippen molar-refractivity contribution < 1.29 is 13.2 Å². The lowest BCUT2D eigenvalue weighted by Crippen LogP contribution is -2.36. The van der Waals surface area contributed by atoms with Gasteiger partial charge in [0.25, 0.3) is 0 Å². The van der Waals surface area contributed by atoms with Gasteiger partial charge in [-0.3, -0.25) is 9.10 Å². The number of fused-ring (bicyclic) bond motifs is 1. The first-order chi connectivity index (χ1) is 11.8. The molecular formula is C19H22N2O3S. The summed E-state index contributed by atoms with van der Waals surface area (Å²) in [6.07, 6.45) is 2.33. The molecule has 2 aromatic carbocycles. The zero-order valence-electron chi connectivity index (χ0n) is 14.6. The van der Waals surface area contributed by atoms with Crippen LogP contribution in [-0.4, -0.2) is 33.7 Å². The standard InChI is InChI=1S/C19H22N2O3S/c1-14-12-16-6-4-5-7-18(16)21(14)19(22)13-15-8-10-17(11-9-15)20(2)25(3,23)24/h4-11,14H,12-13H2,1-3H3. The Kier molecular flexibility index (Phi) is 4.56. The molecule has 1 aliphatic heterocycles. The van der Waals surface area contributed by atoms with E-state index in [-0.39, 0.29) is 11.9 Å². The van der Waals surface area contributed by atoms with Crippen molar-refractivity contribution in [3.63, 3.8) is 0 Å². The van der Waals surface area contributed by atoms with Crippen LogP contribution in [-0.2, 0) is 27.7 Å². The van der Waals surface area contributed by atoms with E-state index in [9.17, 15) is 13.2 Å². The van der Waals surface area contributed by atoms with Gasteiger partial charge in [0.2, 0.25) is 15.9 Å². The highest BCUT2D eigenvalue weighted by molar-refractivity contribution is 7.92. The molecule has 1 heterocycles. The summed E-state index contributed by atoms with van der Waals surface area (Å²) in [6, 6.07) is 15.2. The fourth-order valence-corrected chi connectivity index (χ4v) is 3.73. The van der Waals surface area contributed by atoms with Crippen molar-refractivity contribution in [1.82, 2.24) is 0 Å². The minimum Gasteiger partial charge on any atom is -0.309 e. The van der Waals surface area contributed by atoms with E-state index in [2.05, 4.69) is 13.0 Å². The highest BCUT2D eigenvalue weighted by atomic mass is 32.2. The molecule has 0 radical (unpaired) electrons. The lowest BCUT2D eigenvalue weighted by Gasteiger charge is -2.23. The average molecular weight is 358 g/mol. The van der Waals surface area contributed by atoms with Crippen LogP contribution in [0, 0.1) is 0 Å². The molecule has 132 valence electrons. The second-order valence-electron chi connectivity index (χ2n) is 6.52. The average Bonchev–Trinajstić information content (AvgIpc) is 2.89. The summed E-state index contributed by atoms with van der Waals surface area (Å²) in [5.74, 6) is 0.0571. The summed E-state index contributed by atoms with van der Waals surface area (Å²) in [5, 5.41) is 0. The van der Waals surface area contributed by atoms with E-state index in [0.717, 1.165) is 23.9 Å². The minimum absolute atomic E-state index is 0.0571. The Labute approximate surface area is 148 Å². The van der Waals surface area contributed by atoms with Gasteiger partial charge in [-0.2, -0.15) is 0 Å². The molecule has 0 N–H and O–H groups in total. The zero-order chi connectivity index (χ0) is 18.2. The molecule has 0 aromatic heterocycles. The predicted octanol–water partition coefficient (Wildman–Crippen LogP) is 2.60. The van der Waals surface area contributed by atoms with Gasteiger partial charge >= 0.3 is 0 Å². The number of rotatable bonds is 4. The predicted molar refractivity (Wildman–Crippen MR) is 100 cm³/mol. The highest BCUT2D eigenvalue weighted by Crippen LogP contribution is 2.32. The summed E-state index contributed by atoms with van der Waals surface area (Å²) in [4.78, 5) is 14.7. The molecule has 5 nitrogen and oxygen atoms in total. The van der Waals surface area contributed by atoms with Crippen molar-refractivity contribution in [3.05, 3.63) is 59.7 Å². The Balaban J connectivity index is 1.76. The van der Waals surface area contributed by atoms with Crippen LogP contribution in [0.3, 0.4) is 0 Å². The fraction of sp³-hybridized carbons (Fsp3) is 0.316. The number of hydrogen-bond acceptors (Lipinski definition) is 3. The second-order valence-corrected chi connectivity index (χ2v) is 8.53. The molecule has 1 amide bonds. The first kappa shape index (κ1) is 17.5. The lowest BCUT2D eigenvalue weighted by atomic mass is 10.1. The van der Waals surface area contributed by atoms with E-state index in [1.54, 1.807) is 12.1 Å². The third kappa shape index (κ3) is 3.54. The number of amides is 1. The van der Waals surface area contributed by atoms with E-state index in [1.165, 1.54) is 16.9 Å². The number of carbonyl (C=O) groups is 1. The number of nitrogens with zero attached hydrogens (tertiary/aromatic N) is 2. The van der Waals surface area contributed by atoms with E-state index in [1.807, 2.05) is 35.2 Å². The summed E-state index contributed by atoms with van der Waals surface area (Å²) < 4.78 is 24.4. The molecule has 0 saturated carbocycles. The van der Waals surface area contributed by atoms with E-state index in [0.29, 0.717) is 12.1 Å². The number of hydrogen-bond donors (Lipinski definition) is 0. The van der Waals surface area contributed by atoms with Crippen molar-refractivity contribution in [1.29, 1.82) is 0 Å². The van der Waals surface area contributed by atoms with Gasteiger partial charge in [-0.05, 0) is 42.7 Å². The van der Waals surface area contributed by atoms with E-state index >= 15 is 0 Å². The normalized spacial score (nSPS) is 16.6. The number of para-hydroxylation sites is 1. The van der Waals surface area contributed by atoms with Crippen LogP contribution in [0.15, 0.2) is 48.5 Å². The molecule has 3 rings (SSSR count). The van der Waals surface area contributed by atoms with Gasteiger partial charge in [-0.1, -0.05) is 30.3 Å². The maximum Gasteiger partial charge on any atom is 0.231 e. The van der Waals surface area contributed by atoms with Gasteiger partial charge in [-0.15, -0.1) is 0 Å². The second kappa shape index (κ2) is 6.52. The van der Waals surface area contributed by atoms with Gasteiger partial charge in [-0.25, -0.2) is 8.42 Å². The zero-order valence-corrected chi connectivity index (χ0v) is 15.5. The van der Waals surface area contributed by atoms with Crippen molar-refractivity contribution in [2.75, 3.05) is 22.5 Å². The van der Waals surface area contributed by atoms with Crippen LogP contribution in [0.4, 0.5) is 11.4 Å². The third-order valence-electron chi connectivity index (χ3n) is 4.63. The van der Waals surface area contributed by atoms with Crippen molar-refractivity contribution in [3.8, 4) is 0 Å². The van der Waals surface area contributed by atoms with Crippen LogP contribution in [0.5, 0.6) is 0 Å². The van der Waals surface area contributed by atoms with Crippen molar-refractivity contribution in [2.24, 2.45) is 0 Å². The summed E-state index contributed by atoms with van der Waals surface area (Å²) >= 11 is 0. The molecule has 1 aliphatic rings. The molecule has 0 bridgehead atoms. The minimum atomic E-state index is -3.29. The molecule has 1 atom stereocenters. The first-order valence-electron chi connectivity index (χ1n) is 8.20. The Morgan fingerprint density at radius 1 is 1.16 bits per heavy atom. The van der Waals surface area contributed by atoms with Gasteiger partial charge in [0.1, 0.15) is 0 Å². The maximum absolute atomic E-state index is 12.8. The largest absolute Gasteiger partial charge is 0.309 e. The van der Waals surface area contributed by atoms with E-state index in [4.69, 9.17) is 0 Å². The Hall–Kier alpha value is -2.34. The van der Waals surface area contributed by atoms with Crippen molar-refractivity contribution >= 4 is 27.3 Å². The Morgan fingerprint density at radius 3 is 2.44 bits per heavy atom. The van der Waals surface area contributed by atoms with Gasteiger partial charge < -0.3 is 4.90 Å². The topological polar surface area (TPSA) is 57.7 Å². The number of carbonyl (C=O) groups excluding carboxylic acids is 1. The molecule has 0 spiro atoms. The van der Waals surface area contributed by atoms with Crippen LogP contribution in [0.1, 0.15) is 18.1 Å². The van der Waals surface area contributed by atoms with Crippen LogP contribution in [0.2, 0.25) is 0 Å². The summed E-state index contributed by atoms with van der Waals surface area (Å²) in [7, 11) is -1.78. The Bertz CT molecular complexity index is 891. The number of benzene rings is 2. The first-order valence-corrected chi connectivity index (χ1v) is 10.0. The smallest absolute Gasteiger partial charge is 0.231 e. The van der Waals surface area contributed by atoms with Crippen LogP contribution >= 0.6 is 0 Å². The van der Waals surface area contributed by atoms with Crippen LogP contribution in [0.25, 0.3) is 0 Å². The number of anilines is 2. The quantitative estimate of drug-likeness (QED) is 0.844. The Morgan fingerprint density at radius 2 is 1.80 bits per heavy atom. The molecule has 0 saturated heterocycles. The van der Waals surface area contributed by atoms with Gasteiger partial charge in [0, 0.05) is 18.8 Å². The molecule has 1 unspecified atom stereocenters. The van der Waals surface area contributed by atoms with E-state index < -0.39 is 10.0 Å². The van der Waals surface area contributed by atoms with Crippen LogP contribution < -0.4 is 9.21 Å². The van der Waals surface area contributed by atoms with Crippen molar-refractivity contribution in [2.45, 2.75) is 25.8 Å². The number of sulfonamides is 1. The SMILES string of the molecule is CC1Cc2ccccc2N1C(=O)Cc1ccc(N(C)S(C)(=O)=O)cc1. The molecule has 25 heavy (non-hydrogen) atoms. The summed E-state index contributed by atoms with van der Waals surface area (Å²) in [5.41, 5.74) is 3.65. The highest BCUT2D eigenvalue weighted by Gasteiger charge is 2.30. The van der Waals surface area contributed by atoms with Gasteiger partial charge in [0.15, 0.2) is 0 Å². The maximum atomic E-state index is 12.8. The molecular weight excluding hydrogens is 336 g/mol. The van der Waals surface area contributed by atoms with Gasteiger partial charge in [0.05, 0.1) is 18.4 Å². The monoisotopic (exact) mass is 358 g/mol. The lowest BCUT2D eigenvalue weighted by molar-refractivity contribution is -0.118. The molecule has 6 heteroatoms. The molecule has 0 aliphatic carbocycles. The molecule has 0 fully saturated rings. The fourth-order valence-electron chi connectivity index (χ4n) is 3.22. The molecule has 2 aromatic rings. The third-order valence-corrected chi connectivity index (χ3v) is 5.83. The summed E-state index contributed by atoms with van der Waals surface area (Å²) in [6.45, 7) is 2.06.